The Labute approximate surface area is 181 Å². The number of aliphatic hydroxyl groups excluding tert-OH is 1. The van der Waals surface area contributed by atoms with E-state index in [1.54, 1.807) is 42.5 Å². The number of Topliss-reactive ketones (excluding diaryl/α,β-unsaturated/α-hetero) is 1. The summed E-state index contributed by atoms with van der Waals surface area (Å²) in [5, 5.41) is 19.6. The molecule has 0 spiro atoms. The molecule has 10 heteroatoms. The SMILES string of the molecule is CC(=O)c1ccc(OCC(O)CSc2nnc(-c3ccc(Cl)cc3Cl)n2N)cc1. The van der Waals surface area contributed by atoms with Crippen molar-refractivity contribution in [2.45, 2.75) is 18.2 Å². The fraction of sp³-hybridized carbons (Fsp3) is 0.211. The number of nitrogen functional groups attached to an aromatic ring is 1. The van der Waals surface area contributed by atoms with Gasteiger partial charge in [-0.2, -0.15) is 0 Å². The fourth-order valence-electron chi connectivity index (χ4n) is 2.43. The van der Waals surface area contributed by atoms with Crippen LogP contribution in [0.2, 0.25) is 10.0 Å². The van der Waals surface area contributed by atoms with Crippen molar-refractivity contribution in [2.75, 3.05) is 18.2 Å². The van der Waals surface area contributed by atoms with E-state index in [0.29, 0.717) is 43.7 Å². The van der Waals surface area contributed by atoms with Gasteiger partial charge in [-0.1, -0.05) is 35.0 Å². The Morgan fingerprint density at radius 3 is 2.62 bits per heavy atom. The van der Waals surface area contributed by atoms with Crippen LogP contribution >= 0.6 is 35.0 Å². The molecule has 1 aromatic heterocycles. The highest BCUT2D eigenvalue weighted by Crippen LogP contribution is 2.30. The van der Waals surface area contributed by atoms with E-state index in [2.05, 4.69) is 10.2 Å². The van der Waals surface area contributed by atoms with Gasteiger partial charge in [-0.15, -0.1) is 10.2 Å². The van der Waals surface area contributed by atoms with Crippen LogP contribution in [-0.2, 0) is 0 Å². The lowest BCUT2D eigenvalue weighted by Gasteiger charge is -2.12. The van der Waals surface area contributed by atoms with Gasteiger partial charge in [0.2, 0.25) is 5.16 Å². The number of thioether (sulfide) groups is 1. The molecule has 3 N–H and O–H groups in total. The predicted molar refractivity (Wildman–Crippen MR) is 114 cm³/mol. The lowest BCUT2D eigenvalue weighted by Crippen LogP contribution is -2.21. The molecular formula is C19H18Cl2N4O3S. The highest BCUT2D eigenvalue weighted by molar-refractivity contribution is 7.99. The minimum atomic E-state index is -0.758. The minimum absolute atomic E-state index is 0.0156. The second-order valence-electron chi connectivity index (χ2n) is 6.16. The Morgan fingerprint density at radius 1 is 1.24 bits per heavy atom. The van der Waals surface area contributed by atoms with Crippen LogP contribution < -0.4 is 10.6 Å². The number of aliphatic hydroxyl groups is 1. The number of aromatic nitrogens is 3. The summed E-state index contributed by atoms with van der Waals surface area (Å²) in [6, 6.07) is 11.7. The first kappa shape index (κ1) is 21.4. The van der Waals surface area contributed by atoms with Crippen molar-refractivity contribution in [3.05, 3.63) is 58.1 Å². The number of nitrogens with two attached hydrogens (primary N) is 1. The molecule has 2 aromatic carbocycles. The quantitative estimate of drug-likeness (QED) is 0.305. The maximum atomic E-state index is 11.3. The average Bonchev–Trinajstić information content (AvgIpc) is 3.05. The molecular weight excluding hydrogens is 435 g/mol. The van der Waals surface area contributed by atoms with E-state index in [4.69, 9.17) is 33.8 Å². The van der Waals surface area contributed by atoms with Crippen LogP contribution in [0.3, 0.4) is 0 Å². The summed E-state index contributed by atoms with van der Waals surface area (Å²) < 4.78 is 6.86. The van der Waals surface area contributed by atoms with Crippen molar-refractivity contribution < 1.29 is 14.6 Å². The zero-order valence-electron chi connectivity index (χ0n) is 15.4. The van der Waals surface area contributed by atoms with Crippen molar-refractivity contribution in [1.29, 1.82) is 0 Å². The van der Waals surface area contributed by atoms with E-state index in [0.717, 1.165) is 0 Å². The molecule has 0 bridgehead atoms. The third-order valence-corrected chi connectivity index (χ3v) is 5.58. The van der Waals surface area contributed by atoms with Gasteiger partial charge in [0.15, 0.2) is 11.6 Å². The van der Waals surface area contributed by atoms with Crippen molar-refractivity contribution in [3.8, 4) is 17.1 Å². The monoisotopic (exact) mass is 452 g/mol. The van der Waals surface area contributed by atoms with Crippen LogP contribution in [0.4, 0.5) is 0 Å². The molecule has 29 heavy (non-hydrogen) atoms. The molecule has 7 nitrogen and oxygen atoms in total. The Balaban J connectivity index is 1.56. The number of carbonyl (C=O) groups is 1. The molecule has 1 atom stereocenters. The third kappa shape index (κ3) is 5.42. The molecule has 3 rings (SSSR count). The zero-order valence-corrected chi connectivity index (χ0v) is 17.7. The van der Waals surface area contributed by atoms with E-state index in [1.807, 2.05) is 0 Å². The van der Waals surface area contributed by atoms with E-state index in [-0.39, 0.29) is 12.4 Å². The standard InChI is InChI=1S/C19H18Cl2N4O3S/c1-11(26)12-2-5-15(6-3-12)28-9-14(27)10-29-19-24-23-18(25(19)22)16-7-4-13(20)8-17(16)21/h2-8,14,27H,9-10,22H2,1H3. The Kier molecular flexibility index (Phi) is 7.02. The van der Waals surface area contributed by atoms with Crippen LogP contribution in [0.5, 0.6) is 5.75 Å². The van der Waals surface area contributed by atoms with E-state index >= 15 is 0 Å². The van der Waals surface area contributed by atoms with Gasteiger partial charge in [0.25, 0.3) is 0 Å². The maximum Gasteiger partial charge on any atom is 0.210 e. The van der Waals surface area contributed by atoms with Crippen molar-refractivity contribution in [3.63, 3.8) is 0 Å². The van der Waals surface area contributed by atoms with Gasteiger partial charge in [-0.25, -0.2) is 4.68 Å². The summed E-state index contributed by atoms with van der Waals surface area (Å²) >= 11 is 13.4. The number of ether oxygens (including phenoxy) is 1. The van der Waals surface area contributed by atoms with E-state index in [9.17, 15) is 9.90 Å². The smallest absolute Gasteiger partial charge is 0.210 e. The highest BCUT2D eigenvalue weighted by Gasteiger charge is 2.16. The van der Waals surface area contributed by atoms with Crippen molar-refractivity contribution >= 4 is 40.7 Å². The van der Waals surface area contributed by atoms with Crippen LogP contribution in [0, 0.1) is 0 Å². The van der Waals surface area contributed by atoms with Crippen LogP contribution in [0.15, 0.2) is 47.6 Å². The lowest BCUT2D eigenvalue weighted by molar-refractivity contribution is 0.101. The molecule has 0 aliphatic rings. The highest BCUT2D eigenvalue weighted by atomic mass is 35.5. The number of nitrogens with zero attached hydrogens (tertiary/aromatic N) is 3. The third-order valence-electron chi connectivity index (χ3n) is 3.94. The number of carbonyl (C=O) groups excluding carboxylic acids is 1. The molecule has 3 aromatic rings. The number of benzene rings is 2. The number of hydrogen-bond donors (Lipinski definition) is 2. The zero-order chi connectivity index (χ0) is 21.0. The number of halogens is 2. The van der Waals surface area contributed by atoms with Gasteiger partial charge in [-0.3, -0.25) is 4.79 Å². The normalized spacial score (nSPS) is 12.0. The van der Waals surface area contributed by atoms with Gasteiger partial charge in [0.05, 0.1) is 11.1 Å². The number of ketones is 1. The van der Waals surface area contributed by atoms with Gasteiger partial charge in [0, 0.05) is 21.9 Å². The van der Waals surface area contributed by atoms with Crippen LogP contribution in [0.1, 0.15) is 17.3 Å². The first-order chi connectivity index (χ1) is 13.8. The molecule has 0 radical (unpaired) electrons. The van der Waals surface area contributed by atoms with Crippen LogP contribution in [-0.4, -0.2) is 44.2 Å². The van der Waals surface area contributed by atoms with Gasteiger partial charge in [-0.05, 0) is 49.4 Å². The molecule has 0 aliphatic carbocycles. The Hall–Kier alpha value is -2.26. The number of hydrogen-bond acceptors (Lipinski definition) is 7. The molecule has 0 saturated heterocycles. The summed E-state index contributed by atoms with van der Waals surface area (Å²) in [6.45, 7) is 1.58. The average molecular weight is 453 g/mol. The summed E-state index contributed by atoms with van der Waals surface area (Å²) in [5.41, 5.74) is 1.21. The van der Waals surface area contributed by atoms with Gasteiger partial charge >= 0.3 is 0 Å². The maximum absolute atomic E-state index is 11.3. The summed E-state index contributed by atoms with van der Waals surface area (Å²) in [6.07, 6.45) is -0.758. The van der Waals surface area contributed by atoms with Crippen molar-refractivity contribution in [2.24, 2.45) is 0 Å². The molecule has 0 amide bonds. The lowest BCUT2D eigenvalue weighted by atomic mass is 10.1. The van der Waals surface area contributed by atoms with Gasteiger partial charge in [0.1, 0.15) is 12.4 Å². The predicted octanol–water partition coefficient (Wildman–Crippen LogP) is 3.70. The second kappa shape index (κ2) is 9.49. The molecule has 0 aliphatic heterocycles. The first-order valence-electron chi connectivity index (χ1n) is 8.55. The second-order valence-corrected chi connectivity index (χ2v) is 7.99. The Morgan fingerprint density at radius 2 is 1.97 bits per heavy atom. The summed E-state index contributed by atoms with van der Waals surface area (Å²) in [4.78, 5) is 11.3. The molecule has 152 valence electrons. The van der Waals surface area contributed by atoms with Crippen LogP contribution in [0.25, 0.3) is 11.4 Å². The van der Waals surface area contributed by atoms with E-state index in [1.165, 1.54) is 23.4 Å². The van der Waals surface area contributed by atoms with Crippen molar-refractivity contribution in [1.82, 2.24) is 14.9 Å². The summed E-state index contributed by atoms with van der Waals surface area (Å²) in [5.74, 6) is 7.32. The van der Waals surface area contributed by atoms with Gasteiger partial charge < -0.3 is 15.7 Å². The summed E-state index contributed by atoms with van der Waals surface area (Å²) in [7, 11) is 0. The minimum Gasteiger partial charge on any atom is -0.491 e. The first-order valence-corrected chi connectivity index (χ1v) is 10.3. The Bertz CT molecular complexity index is 1010. The largest absolute Gasteiger partial charge is 0.491 e. The molecule has 1 heterocycles. The topological polar surface area (TPSA) is 103 Å². The molecule has 1 unspecified atom stereocenters. The molecule has 0 saturated carbocycles. The fourth-order valence-corrected chi connectivity index (χ4v) is 3.68. The molecule has 0 fully saturated rings. The van der Waals surface area contributed by atoms with E-state index < -0.39 is 6.10 Å². The number of rotatable bonds is 8.